The Kier molecular flexibility index (Phi) is 5.34. The summed E-state index contributed by atoms with van der Waals surface area (Å²) in [5, 5.41) is 16.1. The first-order chi connectivity index (χ1) is 8.36. The van der Waals surface area contributed by atoms with Gasteiger partial charge in [-0.3, -0.25) is 0 Å². The molecule has 0 aromatic carbocycles. The number of aliphatic hydroxyl groups is 1. The number of nitrogens with zero attached hydrogens (tertiary/aromatic N) is 2. The Labute approximate surface area is 117 Å². The number of hydrogen-bond donors (Lipinski definition) is 3. The predicted octanol–water partition coefficient (Wildman–Crippen LogP) is 2.63. The van der Waals surface area contributed by atoms with Crippen LogP contribution in [-0.2, 0) is 0 Å². The van der Waals surface area contributed by atoms with Crippen LogP contribution in [0.2, 0.25) is 0 Å². The van der Waals surface area contributed by atoms with E-state index in [0.717, 1.165) is 17.4 Å². The van der Waals surface area contributed by atoms with E-state index in [4.69, 9.17) is 0 Å². The van der Waals surface area contributed by atoms with Gasteiger partial charge in [-0.15, -0.1) is 0 Å². The lowest BCUT2D eigenvalue weighted by atomic mass is 9.99. The van der Waals surface area contributed by atoms with E-state index in [2.05, 4.69) is 43.5 Å². The number of rotatable bonds is 6. The summed E-state index contributed by atoms with van der Waals surface area (Å²) >= 11 is 3.40. The van der Waals surface area contributed by atoms with E-state index < -0.39 is 11.6 Å². The quantitative estimate of drug-likeness (QED) is 0.752. The topological polar surface area (TPSA) is 70.1 Å². The number of hydrogen-bond acceptors (Lipinski definition) is 5. The first kappa shape index (κ1) is 15.2. The smallest absolute Gasteiger partial charge is 0.224 e. The molecule has 6 heteroatoms. The molecule has 5 nitrogen and oxygen atoms in total. The maximum atomic E-state index is 9.71. The molecule has 1 heterocycles. The molecule has 3 N–H and O–H groups in total. The highest BCUT2D eigenvalue weighted by Crippen LogP contribution is 2.24. The largest absolute Gasteiger partial charge is 0.391 e. The number of aliphatic hydroxyl groups excluding tert-OH is 1. The third kappa shape index (κ3) is 4.10. The molecule has 0 fully saturated rings. The Morgan fingerprint density at radius 3 is 2.72 bits per heavy atom. The van der Waals surface area contributed by atoms with Gasteiger partial charge in [-0.05, 0) is 43.1 Å². The number of halogens is 1. The lowest BCUT2D eigenvalue weighted by molar-refractivity contribution is 0.133. The molecule has 1 unspecified atom stereocenters. The molecule has 102 valence electrons. The molecular formula is C12H21BrN4O. The molecule has 1 rings (SSSR count). The van der Waals surface area contributed by atoms with Gasteiger partial charge in [-0.1, -0.05) is 6.92 Å². The number of nitrogens with one attached hydrogen (secondary N) is 2. The van der Waals surface area contributed by atoms with Gasteiger partial charge in [0.2, 0.25) is 5.95 Å². The van der Waals surface area contributed by atoms with E-state index in [9.17, 15) is 5.11 Å². The number of anilines is 2. The molecule has 0 saturated carbocycles. The van der Waals surface area contributed by atoms with Crippen molar-refractivity contribution in [3.05, 3.63) is 10.7 Å². The summed E-state index contributed by atoms with van der Waals surface area (Å²) in [4.78, 5) is 8.57. The lowest BCUT2D eigenvalue weighted by Gasteiger charge is -2.30. The molecule has 0 radical (unpaired) electrons. The highest BCUT2D eigenvalue weighted by atomic mass is 79.9. The molecule has 0 spiro atoms. The standard InChI is InChI=1S/C12H21BrN4O/c1-5-6-14-11-15-7-9(13)10(16-11)17-12(3,4)8(2)18/h7-8,18H,5-6H2,1-4H3,(H2,14,15,16,17). The molecule has 1 aromatic rings. The fourth-order valence-corrected chi connectivity index (χ4v) is 1.48. The highest BCUT2D eigenvalue weighted by molar-refractivity contribution is 9.10. The van der Waals surface area contributed by atoms with Crippen LogP contribution in [0.5, 0.6) is 0 Å². The molecule has 0 amide bonds. The van der Waals surface area contributed by atoms with Crippen molar-refractivity contribution in [1.29, 1.82) is 0 Å². The first-order valence-corrected chi connectivity index (χ1v) is 6.88. The summed E-state index contributed by atoms with van der Waals surface area (Å²) in [5.41, 5.74) is -0.459. The fraction of sp³-hybridized carbons (Fsp3) is 0.667. The molecule has 1 aromatic heterocycles. The van der Waals surface area contributed by atoms with Crippen LogP contribution in [-0.4, -0.2) is 33.3 Å². The predicted molar refractivity (Wildman–Crippen MR) is 77.9 cm³/mol. The zero-order chi connectivity index (χ0) is 13.8. The Hall–Kier alpha value is -0.880. The van der Waals surface area contributed by atoms with E-state index >= 15 is 0 Å². The van der Waals surface area contributed by atoms with Crippen molar-refractivity contribution < 1.29 is 5.11 Å². The van der Waals surface area contributed by atoms with Gasteiger partial charge in [0.15, 0.2) is 0 Å². The minimum Gasteiger partial charge on any atom is -0.391 e. The Morgan fingerprint density at radius 2 is 2.17 bits per heavy atom. The van der Waals surface area contributed by atoms with Crippen molar-refractivity contribution in [1.82, 2.24) is 9.97 Å². The van der Waals surface area contributed by atoms with E-state index in [1.54, 1.807) is 13.1 Å². The maximum Gasteiger partial charge on any atom is 0.224 e. The van der Waals surface area contributed by atoms with Crippen molar-refractivity contribution in [3.63, 3.8) is 0 Å². The molecule has 0 saturated heterocycles. The van der Waals surface area contributed by atoms with Crippen molar-refractivity contribution in [2.45, 2.75) is 45.8 Å². The lowest BCUT2D eigenvalue weighted by Crippen LogP contribution is -2.42. The summed E-state index contributed by atoms with van der Waals surface area (Å²) in [7, 11) is 0. The Bertz CT molecular complexity index is 396. The minimum absolute atomic E-state index is 0.459. The molecular weight excluding hydrogens is 296 g/mol. The zero-order valence-corrected chi connectivity index (χ0v) is 12.9. The van der Waals surface area contributed by atoms with Crippen LogP contribution in [0.25, 0.3) is 0 Å². The van der Waals surface area contributed by atoms with Crippen LogP contribution in [0.4, 0.5) is 11.8 Å². The van der Waals surface area contributed by atoms with E-state index in [-0.39, 0.29) is 0 Å². The molecule has 0 bridgehead atoms. The molecule has 1 atom stereocenters. The average molecular weight is 317 g/mol. The van der Waals surface area contributed by atoms with Crippen molar-refractivity contribution in [3.8, 4) is 0 Å². The molecule has 0 aliphatic rings. The average Bonchev–Trinajstić information content (AvgIpc) is 2.29. The van der Waals surface area contributed by atoms with Gasteiger partial charge in [-0.2, -0.15) is 4.98 Å². The first-order valence-electron chi connectivity index (χ1n) is 6.09. The third-order valence-corrected chi connectivity index (χ3v) is 3.34. The van der Waals surface area contributed by atoms with Gasteiger partial charge < -0.3 is 15.7 Å². The number of aromatic nitrogens is 2. The second kappa shape index (κ2) is 6.33. The van der Waals surface area contributed by atoms with Crippen molar-refractivity contribution in [2.75, 3.05) is 17.2 Å². The van der Waals surface area contributed by atoms with E-state index in [1.165, 1.54) is 0 Å². The fourth-order valence-electron chi connectivity index (χ4n) is 1.19. The van der Waals surface area contributed by atoms with Crippen molar-refractivity contribution >= 4 is 27.7 Å². The monoisotopic (exact) mass is 316 g/mol. The van der Waals surface area contributed by atoms with Gasteiger partial charge in [0, 0.05) is 12.7 Å². The Balaban J connectivity index is 2.87. The summed E-state index contributed by atoms with van der Waals surface area (Å²) in [6, 6.07) is 0. The second-order valence-electron chi connectivity index (χ2n) is 4.84. The third-order valence-electron chi connectivity index (χ3n) is 2.76. The Morgan fingerprint density at radius 1 is 1.50 bits per heavy atom. The zero-order valence-electron chi connectivity index (χ0n) is 11.3. The van der Waals surface area contributed by atoms with E-state index in [1.807, 2.05) is 13.8 Å². The maximum absolute atomic E-state index is 9.71. The summed E-state index contributed by atoms with van der Waals surface area (Å²) < 4.78 is 0.776. The van der Waals surface area contributed by atoms with Crippen molar-refractivity contribution in [2.24, 2.45) is 0 Å². The SMILES string of the molecule is CCCNc1ncc(Br)c(NC(C)(C)C(C)O)n1. The van der Waals surface area contributed by atoms with Crippen LogP contribution < -0.4 is 10.6 Å². The van der Waals surface area contributed by atoms with Gasteiger partial charge in [-0.25, -0.2) is 4.98 Å². The van der Waals surface area contributed by atoms with Crippen LogP contribution >= 0.6 is 15.9 Å². The highest BCUT2D eigenvalue weighted by Gasteiger charge is 2.25. The van der Waals surface area contributed by atoms with Crippen LogP contribution in [0.15, 0.2) is 10.7 Å². The summed E-state index contributed by atoms with van der Waals surface area (Å²) in [5.74, 6) is 1.26. The molecule has 0 aliphatic carbocycles. The summed E-state index contributed by atoms with van der Waals surface area (Å²) in [6.07, 6.45) is 2.22. The second-order valence-corrected chi connectivity index (χ2v) is 5.69. The molecule has 18 heavy (non-hydrogen) atoms. The van der Waals surface area contributed by atoms with Crippen LogP contribution in [0.3, 0.4) is 0 Å². The van der Waals surface area contributed by atoms with Crippen LogP contribution in [0.1, 0.15) is 34.1 Å². The normalized spacial score (nSPS) is 13.2. The summed E-state index contributed by atoms with van der Waals surface area (Å²) in [6.45, 7) is 8.51. The molecule has 0 aliphatic heterocycles. The van der Waals surface area contributed by atoms with Gasteiger partial charge >= 0.3 is 0 Å². The van der Waals surface area contributed by atoms with Crippen LogP contribution in [0, 0.1) is 0 Å². The van der Waals surface area contributed by atoms with Gasteiger partial charge in [0.05, 0.1) is 16.1 Å². The minimum atomic E-state index is -0.494. The van der Waals surface area contributed by atoms with E-state index in [0.29, 0.717) is 11.8 Å². The van der Waals surface area contributed by atoms with Gasteiger partial charge in [0.1, 0.15) is 5.82 Å². The van der Waals surface area contributed by atoms with Gasteiger partial charge in [0.25, 0.3) is 0 Å².